The van der Waals surface area contributed by atoms with Crippen molar-refractivity contribution in [2.75, 3.05) is 11.1 Å². The molecule has 1 heterocycles. The zero-order valence-electron chi connectivity index (χ0n) is 8.20. The molecule has 2 aromatic rings. The van der Waals surface area contributed by atoms with E-state index in [1.165, 1.54) is 6.20 Å². The van der Waals surface area contributed by atoms with Crippen molar-refractivity contribution in [2.24, 2.45) is 0 Å². The maximum Gasteiger partial charge on any atom is 0.273 e. The number of benzene rings is 1. The Hall–Kier alpha value is -2.01. The van der Waals surface area contributed by atoms with Gasteiger partial charge in [0.15, 0.2) is 0 Å². The maximum atomic E-state index is 11.7. The van der Waals surface area contributed by atoms with Gasteiger partial charge in [0.25, 0.3) is 5.91 Å². The first-order valence-corrected chi connectivity index (χ1v) is 4.91. The average molecular weight is 237 g/mol. The third-order valence-corrected chi connectivity index (χ3v) is 2.34. The summed E-state index contributed by atoms with van der Waals surface area (Å²) < 4.78 is 0. The quantitative estimate of drug-likeness (QED) is 0.697. The summed E-state index contributed by atoms with van der Waals surface area (Å²) in [5, 5.41) is 9.24. The smallest absolute Gasteiger partial charge is 0.273 e. The number of halogens is 1. The maximum absolute atomic E-state index is 11.7. The lowest BCUT2D eigenvalue weighted by Crippen LogP contribution is -2.14. The molecule has 0 unspecified atom stereocenters. The Kier molecular flexibility index (Phi) is 2.78. The molecule has 0 aliphatic carbocycles. The second kappa shape index (κ2) is 4.24. The van der Waals surface area contributed by atoms with Crippen molar-refractivity contribution in [1.29, 1.82) is 0 Å². The minimum Gasteiger partial charge on any atom is -0.397 e. The fraction of sp³-hybridized carbons (Fsp3) is 0. The van der Waals surface area contributed by atoms with Gasteiger partial charge in [-0.15, -0.1) is 0 Å². The van der Waals surface area contributed by atoms with E-state index in [4.69, 9.17) is 17.3 Å². The standard InChI is InChI=1S/C10H9ClN4O/c11-6-2-1-3-7(12)9(6)14-10(16)8-4-5-13-15-8/h1-5H,12H2,(H,13,15)(H,14,16). The SMILES string of the molecule is Nc1cccc(Cl)c1NC(=O)c1ccn[nH]1. The molecule has 2 rings (SSSR count). The van der Waals surface area contributed by atoms with Crippen molar-refractivity contribution in [3.8, 4) is 0 Å². The predicted octanol–water partition coefficient (Wildman–Crippen LogP) is 1.90. The van der Waals surface area contributed by atoms with Crippen LogP contribution in [0, 0.1) is 0 Å². The molecule has 0 atom stereocenters. The summed E-state index contributed by atoms with van der Waals surface area (Å²) in [4.78, 5) is 11.7. The van der Waals surface area contributed by atoms with Crippen molar-refractivity contribution in [3.63, 3.8) is 0 Å². The summed E-state index contributed by atoms with van der Waals surface area (Å²) in [6.45, 7) is 0. The first kappa shape index (κ1) is 10.5. The van der Waals surface area contributed by atoms with E-state index in [0.717, 1.165) is 0 Å². The highest BCUT2D eigenvalue weighted by molar-refractivity contribution is 6.34. The topological polar surface area (TPSA) is 83.8 Å². The number of H-pyrrole nitrogens is 1. The van der Waals surface area contributed by atoms with Crippen LogP contribution in [0.25, 0.3) is 0 Å². The van der Waals surface area contributed by atoms with Crippen LogP contribution in [0.4, 0.5) is 11.4 Å². The Bertz CT molecular complexity index is 489. The molecule has 0 radical (unpaired) electrons. The molecule has 0 aliphatic rings. The summed E-state index contributed by atoms with van der Waals surface area (Å²) in [6, 6.07) is 6.58. The number of carbonyl (C=O) groups is 1. The lowest BCUT2D eigenvalue weighted by molar-refractivity contribution is 0.102. The molecule has 0 spiro atoms. The van der Waals surface area contributed by atoms with Gasteiger partial charge < -0.3 is 11.1 Å². The van der Waals surface area contributed by atoms with Crippen molar-refractivity contribution in [2.45, 2.75) is 0 Å². The highest BCUT2D eigenvalue weighted by Gasteiger charge is 2.11. The largest absolute Gasteiger partial charge is 0.397 e. The van der Waals surface area contributed by atoms with Gasteiger partial charge in [0.1, 0.15) is 5.69 Å². The molecular weight excluding hydrogens is 228 g/mol. The minimum absolute atomic E-state index is 0.336. The summed E-state index contributed by atoms with van der Waals surface area (Å²) in [6.07, 6.45) is 1.49. The molecular formula is C10H9ClN4O. The molecule has 0 saturated heterocycles. The third-order valence-electron chi connectivity index (χ3n) is 2.03. The highest BCUT2D eigenvalue weighted by Crippen LogP contribution is 2.27. The average Bonchev–Trinajstić information content (AvgIpc) is 2.76. The first-order chi connectivity index (χ1) is 7.68. The molecule has 6 heteroatoms. The Morgan fingerprint density at radius 1 is 1.44 bits per heavy atom. The molecule has 0 saturated carbocycles. The number of aromatic amines is 1. The Labute approximate surface area is 96.6 Å². The van der Waals surface area contributed by atoms with Gasteiger partial charge in [-0.25, -0.2) is 0 Å². The number of hydrogen-bond donors (Lipinski definition) is 3. The van der Waals surface area contributed by atoms with E-state index in [0.29, 0.717) is 22.1 Å². The molecule has 1 aromatic heterocycles. The van der Waals surface area contributed by atoms with Gasteiger partial charge in [0, 0.05) is 6.20 Å². The number of carbonyl (C=O) groups excluding carboxylic acids is 1. The Balaban J connectivity index is 2.25. The van der Waals surface area contributed by atoms with Gasteiger partial charge in [0.2, 0.25) is 0 Å². The lowest BCUT2D eigenvalue weighted by atomic mass is 10.2. The Morgan fingerprint density at radius 3 is 2.88 bits per heavy atom. The lowest BCUT2D eigenvalue weighted by Gasteiger charge is -2.08. The number of nitrogens with one attached hydrogen (secondary N) is 2. The number of anilines is 2. The number of nitrogens with two attached hydrogens (primary N) is 1. The Morgan fingerprint density at radius 2 is 2.25 bits per heavy atom. The zero-order chi connectivity index (χ0) is 11.5. The normalized spacial score (nSPS) is 10.1. The molecule has 16 heavy (non-hydrogen) atoms. The van der Waals surface area contributed by atoms with E-state index in [1.807, 2.05) is 0 Å². The van der Waals surface area contributed by atoms with Gasteiger partial charge >= 0.3 is 0 Å². The fourth-order valence-electron chi connectivity index (χ4n) is 1.24. The van der Waals surface area contributed by atoms with Crippen molar-refractivity contribution in [1.82, 2.24) is 10.2 Å². The number of nitrogens with zero attached hydrogens (tertiary/aromatic N) is 1. The van der Waals surface area contributed by atoms with E-state index in [-0.39, 0.29) is 5.91 Å². The monoisotopic (exact) mass is 236 g/mol. The number of hydrogen-bond acceptors (Lipinski definition) is 3. The second-order valence-corrected chi connectivity index (χ2v) is 3.54. The van der Waals surface area contributed by atoms with Gasteiger partial charge in [-0.05, 0) is 18.2 Å². The third kappa shape index (κ3) is 1.99. The number of nitrogen functional groups attached to an aromatic ring is 1. The molecule has 0 fully saturated rings. The number of amides is 1. The summed E-state index contributed by atoms with van der Waals surface area (Å²) >= 11 is 5.91. The van der Waals surface area contributed by atoms with Crippen LogP contribution in [-0.2, 0) is 0 Å². The highest BCUT2D eigenvalue weighted by atomic mass is 35.5. The van der Waals surface area contributed by atoms with Crippen LogP contribution >= 0.6 is 11.6 Å². The van der Waals surface area contributed by atoms with Gasteiger partial charge in [0.05, 0.1) is 16.4 Å². The van der Waals surface area contributed by atoms with Crippen LogP contribution in [0.2, 0.25) is 5.02 Å². The number of para-hydroxylation sites is 1. The summed E-state index contributed by atoms with van der Waals surface area (Å²) in [7, 11) is 0. The molecule has 1 aromatic carbocycles. The van der Waals surface area contributed by atoms with Crippen LogP contribution in [0.5, 0.6) is 0 Å². The van der Waals surface area contributed by atoms with Crippen molar-refractivity contribution in [3.05, 3.63) is 41.2 Å². The van der Waals surface area contributed by atoms with Gasteiger partial charge in [-0.2, -0.15) is 5.10 Å². The van der Waals surface area contributed by atoms with Crippen LogP contribution in [0.1, 0.15) is 10.5 Å². The predicted molar refractivity (Wildman–Crippen MR) is 62.4 cm³/mol. The molecule has 82 valence electrons. The van der Waals surface area contributed by atoms with E-state index in [9.17, 15) is 4.79 Å². The van der Waals surface area contributed by atoms with E-state index >= 15 is 0 Å². The van der Waals surface area contributed by atoms with Crippen LogP contribution in [0.3, 0.4) is 0 Å². The van der Waals surface area contributed by atoms with E-state index in [2.05, 4.69) is 15.5 Å². The first-order valence-electron chi connectivity index (χ1n) is 4.53. The summed E-state index contributed by atoms with van der Waals surface area (Å²) in [5.41, 5.74) is 6.87. The number of aromatic nitrogens is 2. The molecule has 5 nitrogen and oxygen atoms in total. The second-order valence-electron chi connectivity index (χ2n) is 3.13. The van der Waals surface area contributed by atoms with Gasteiger partial charge in [-0.3, -0.25) is 9.89 Å². The molecule has 0 aliphatic heterocycles. The molecule has 1 amide bonds. The minimum atomic E-state index is -0.336. The van der Waals surface area contributed by atoms with Crippen molar-refractivity contribution < 1.29 is 4.79 Å². The van der Waals surface area contributed by atoms with Crippen molar-refractivity contribution >= 4 is 28.9 Å². The number of rotatable bonds is 2. The van der Waals surface area contributed by atoms with E-state index in [1.54, 1.807) is 24.3 Å². The van der Waals surface area contributed by atoms with E-state index < -0.39 is 0 Å². The van der Waals surface area contributed by atoms with Crippen LogP contribution < -0.4 is 11.1 Å². The zero-order valence-corrected chi connectivity index (χ0v) is 8.95. The molecule has 0 bridgehead atoms. The molecule has 4 N–H and O–H groups in total. The fourth-order valence-corrected chi connectivity index (χ4v) is 1.46. The van der Waals surface area contributed by atoms with Crippen LogP contribution in [-0.4, -0.2) is 16.1 Å². The van der Waals surface area contributed by atoms with Gasteiger partial charge in [-0.1, -0.05) is 17.7 Å². The van der Waals surface area contributed by atoms with Crippen LogP contribution in [0.15, 0.2) is 30.5 Å². The summed E-state index contributed by atoms with van der Waals surface area (Å²) in [5.74, 6) is -0.336.